The molecule has 3 rings (SSSR count). The molecule has 3 N–H and O–H groups in total. The van der Waals surface area contributed by atoms with Gasteiger partial charge in [-0.2, -0.15) is 0 Å². The molecule has 6 nitrogen and oxygen atoms in total. The summed E-state index contributed by atoms with van der Waals surface area (Å²) in [6.45, 7) is 0. The molecule has 110 valence electrons. The van der Waals surface area contributed by atoms with Crippen molar-refractivity contribution in [3.05, 3.63) is 54.9 Å². The Morgan fingerprint density at radius 1 is 1.05 bits per heavy atom. The molecule has 0 bridgehead atoms. The molecule has 3 aromatic rings. The Bertz CT molecular complexity index is 791. The van der Waals surface area contributed by atoms with E-state index in [-0.39, 0.29) is 0 Å². The van der Waals surface area contributed by atoms with Crippen LogP contribution in [-0.4, -0.2) is 22.0 Å². The second-order valence-corrected chi connectivity index (χ2v) is 4.55. The lowest BCUT2D eigenvalue weighted by atomic mass is 10.2. The zero-order chi connectivity index (χ0) is 15.4. The highest BCUT2D eigenvalue weighted by molar-refractivity contribution is 5.66. The maximum Gasteiger partial charge on any atom is 0.228 e. The first kappa shape index (κ1) is 13.8. The number of nitrogens with one attached hydrogen (secondary N) is 1. The monoisotopic (exact) mass is 293 g/mol. The van der Waals surface area contributed by atoms with E-state index < -0.39 is 0 Å². The number of anilines is 2. The highest BCUT2D eigenvalue weighted by Gasteiger charge is 2.10. The van der Waals surface area contributed by atoms with Gasteiger partial charge in [-0.1, -0.05) is 6.07 Å². The van der Waals surface area contributed by atoms with Gasteiger partial charge >= 0.3 is 0 Å². The van der Waals surface area contributed by atoms with Gasteiger partial charge in [-0.25, -0.2) is 15.0 Å². The summed E-state index contributed by atoms with van der Waals surface area (Å²) in [6.07, 6.45) is 3.36. The molecule has 6 heteroatoms. The SMILES string of the molecule is CNc1nccc(-c2cccnc2Oc2cccc(N)c2)n1. The number of nitrogens with two attached hydrogens (primary N) is 1. The number of nitrogens with zero attached hydrogens (tertiary/aromatic N) is 3. The van der Waals surface area contributed by atoms with Crippen molar-refractivity contribution >= 4 is 11.6 Å². The Kier molecular flexibility index (Phi) is 3.82. The van der Waals surface area contributed by atoms with Crippen LogP contribution in [0.25, 0.3) is 11.3 Å². The van der Waals surface area contributed by atoms with Gasteiger partial charge in [0.15, 0.2) is 0 Å². The second-order valence-electron chi connectivity index (χ2n) is 4.55. The molecule has 0 radical (unpaired) electrons. The summed E-state index contributed by atoms with van der Waals surface area (Å²) in [6, 6.07) is 12.8. The summed E-state index contributed by atoms with van der Waals surface area (Å²) >= 11 is 0. The molecule has 2 heterocycles. The van der Waals surface area contributed by atoms with E-state index in [0.29, 0.717) is 23.3 Å². The molecule has 1 aromatic carbocycles. The van der Waals surface area contributed by atoms with Gasteiger partial charge in [0.2, 0.25) is 11.8 Å². The maximum atomic E-state index is 5.85. The number of hydrogen-bond donors (Lipinski definition) is 2. The summed E-state index contributed by atoms with van der Waals surface area (Å²) in [5.41, 5.74) is 7.91. The number of aromatic nitrogens is 3. The topological polar surface area (TPSA) is 86.0 Å². The van der Waals surface area contributed by atoms with Crippen LogP contribution in [-0.2, 0) is 0 Å². The zero-order valence-electron chi connectivity index (χ0n) is 12.0. The molecule has 0 amide bonds. The van der Waals surface area contributed by atoms with E-state index in [1.165, 1.54) is 0 Å². The van der Waals surface area contributed by atoms with Crippen molar-refractivity contribution in [2.75, 3.05) is 18.1 Å². The van der Waals surface area contributed by atoms with Gasteiger partial charge in [-0.05, 0) is 30.3 Å². The van der Waals surface area contributed by atoms with Crippen molar-refractivity contribution in [2.24, 2.45) is 0 Å². The lowest BCUT2D eigenvalue weighted by Gasteiger charge is -2.10. The Morgan fingerprint density at radius 3 is 2.77 bits per heavy atom. The Labute approximate surface area is 128 Å². The second kappa shape index (κ2) is 6.09. The first-order valence-electron chi connectivity index (χ1n) is 6.76. The Morgan fingerprint density at radius 2 is 1.95 bits per heavy atom. The van der Waals surface area contributed by atoms with Gasteiger partial charge in [0.05, 0.1) is 11.3 Å². The molecule has 0 unspecified atom stereocenters. The molecular weight excluding hydrogens is 278 g/mol. The first-order valence-corrected chi connectivity index (χ1v) is 6.76. The van der Waals surface area contributed by atoms with Crippen molar-refractivity contribution in [2.45, 2.75) is 0 Å². The molecule has 0 aliphatic heterocycles. The molecule has 0 saturated heterocycles. The normalized spacial score (nSPS) is 10.2. The third-order valence-electron chi connectivity index (χ3n) is 3.00. The fourth-order valence-corrected chi connectivity index (χ4v) is 1.99. The average molecular weight is 293 g/mol. The number of pyridine rings is 1. The minimum atomic E-state index is 0.467. The van der Waals surface area contributed by atoms with Gasteiger partial charge in [0, 0.05) is 31.2 Å². The number of hydrogen-bond acceptors (Lipinski definition) is 6. The van der Waals surface area contributed by atoms with Crippen LogP contribution < -0.4 is 15.8 Å². The number of nitrogen functional groups attached to an aromatic ring is 1. The quantitative estimate of drug-likeness (QED) is 0.719. The Hall–Kier alpha value is -3.15. The largest absolute Gasteiger partial charge is 0.438 e. The van der Waals surface area contributed by atoms with Crippen molar-refractivity contribution in [3.63, 3.8) is 0 Å². The number of ether oxygens (including phenoxy) is 1. The third kappa shape index (κ3) is 2.95. The smallest absolute Gasteiger partial charge is 0.228 e. The van der Waals surface area contributed by atoms with Crippen molar-refractivity contribution in [1.29, 1.82) is 0 Å². The third-order valence-corrected chi connectivity index (χ3v) is 3.00. The predicted molar refractivity (Wildman–Crippen MR) is 85.7 cm³/mol. The number of benzene rings is 1. The van der Waals surface area contributed by atoms with Gasteiger partial charge < -0.3 is 15.8 Å². The van der Waals surface area contributed by atoms with Gasteiger partial charge in [-0.15, -0.1) is 0 Å². The average Bonchev–Trinajstić information content (AvgIpc) is 2.55. The first-order chi connectivity index (χ1) is 10.8. The van der Waals surface area contributed by atoms with Gasteiger partial charge in [0.1, 0.15) is 5.75 Å². The van der Waals surface area contributed by atoms with Crippen molar-refractivity contribution in [3.8, 4) is 22.9 Å². The minimum Gasteiger partial charge on any atom is -0.438 e. The van der Waals surface area contributed by atoms with E-state index in [1.54, 1.807) is 31.6 Å². The molecule has 0 atom stereocenters. The summed E-state index contributed by atoms with van der Waals surface area (Å²) in [5, 5.41) is 2.91. The molecule has 0 aliphatic rings. The standard InChI is InChI=1S/C16H15N5O/c1-18-16-20-9-7-14(21-16)13-6-3-8-19-15(13)22-12-5-2-4-11(17)10-12/h2-10H,17H2,1H3,(H,18,20,21). The maximum absolute atomic E-state index is 5.85. The molecule has 0 fully saturated rings. The predicted octanol–water partition coefficient (Wildman–Crippen LogP) is 2.95. The van der Waals surface area contributed by atoms with Gasteiger partial charge in [0.25, 0.3) is 0 Å². The summed E-state index contributed by atoms with van der Waals surface area (Å²) in [5.74, 6) is 1.63. The van der Waals surface area contributed by atoms with Crippen LogP contribution in [0.15, 0.2) is 54.9 Å². The van der Waals surface area contributed by atoms with Crippen LogP contribution >= 0.6 is 0 Å². The highest BCUT2D eigenvalue weighted by Crippen LogP contribution is 2.30. The van der Waals surface area contributed by atoms with E-state index in [4.69, 9.17) is 10.5 Å². The van der Waals surface area contributed by atoms with Crippen LogP contribution in [0, 0.1) is 0 Å². The zero-order valence-corrected chi connectivity index (χ0v) is 12.0. The highest BCUT2D eigenvalue weighted by atomic mass is 16.5. The van der Waals surface area contributed by atoms with Gasteiger partial charge in [-0.3, -0.25) is 0 Å². The molecule has 0 aliphatic carbocycles. The van der Waals surface area contributed by atoms with E-state index in [2.05, 4.69) is 20.3 Å². The van der Waals surface area contributed by atoms with E-state index in [9.17, 15) is 0 Å². The van der Waals surface area contributed by atoms with Crippen LogP contribution in [0.3, 0.4) is 0 Å². The molecule has 0 saturated carbocycles. The molecule has 22 heavy (non-hydrogen) atoms. The Balaban J connectivity index is 1.99. The summed E-state index contributed by atoms with van der Waals surface area (Å²) in [7, 11) is 1.77. The summed E-state index contributed by atoms with van der Waals surface area (Å²) in [4.78, 5) is 12.8. The van der Waals surface area contributed by atoms with E-state index in [1.807, 2.05) is 30.3 Å². The van der Waals surface area contributed by atoms with E-state index >= 15 is 0 Å². The number of rotatable bonds is 4. The van der Waals surface area contributed by atoms with Crippen molar-refractivity contribution < 1.29 is 4.74 Å². The summed E-state index contributed by atoms with van der Waals surface area (Å²) < 4.78 is 5.85. The van der Waals surface area contributed by atoms with Crippen LogP contribution in [0.2, 0.25) is 0 Å². The lowest BCUT2D eigenvalue weighted by molar-refractivity contribution is 0.465. The molecular formula is C16H15N5O. The minimum absolute atomic E-state index is 0.467. The fourth-order valence-electron chi connectivity index (χ4n) is 1.99. The van der Waals surface area contributed by atoms with Crippen LogP contribution in [0.5, 0.6) is 11.6 Å². The fraction of sp³-hybridized carbons (Fsp3) is 0.0625. The molecule has 2 aromatic heterocycles. The van der Waals surface area contributed by atoms with Crippen LogP contribution in [0.4, 0.5) is 11.6 Å². The molecule has 0 spiro atoms. The van der Waals surface area contributed by atoms with E-state index in [0.717, 1.165) is 11.3 Å². The van der Waals surface area contributed by atoms with Crippen LogP contribution in [0.1, 0.15) is 0 Å². The van der Waals surface area contributed by atoms with Crippen molar-refractivity contribution in [1.82, 2.24) is 15.0 Å². The lowest BCUT2D eigenvalue weighted by Crippen LogP contribution is -1.98.